The predicted octanol–water partition coefficient (Wildman–Crippen LogP) is 4.27. The van der Waals surface area contributed by atoms with E-state index in [2.05, 4.69) is 22.1 Å². The van der Waals surface area contributed by atoms with Crippen LogP contribution in [0, 0.1) is 0 Å². The summed E-state index contributed by atoms with van der Waals surface area (Å²) in [4.78, 5) is 33.2. The van der Waals surface area contributed by atoms with Crippen LogP contribution in [-0.2, 0) is 0 Å². The third-order valence-electron chi connectivity index (χ3n) is 5.08. The van der Waals surface area contributed by atoms with E-state index < -0.39 is 0 Å². The fourth-order valence-electron chi connectivity index (χ4n) is 3.38. The minimum absolute atomic E-state index is 0.0814. The second-order valence-corrected chi connectivity index (χ2v) is 8.18. The largest absolute Gasteiger partial charge is 0.353 e. The highest BCUT2D eigenvalue weighted by molar-refractivity contribution is 6.35. The number of hydrogen-bond donors (Lipinski definition) is 1. The average Bonchev–Trinajstić information content (AvgIpc) is 2.75. The zero-order valence-corrected chi connectivity index (χ0v) is 18.5. The van der Waals surface area contributed by atoms with Crippen molar-refractivity contribution in [3.8, 4) is 0 Å². The first-order valence-electron chi connectivity index (χ1n) is 10.2. The lowest BCUT2D eigenvalue weighted by molar-refractivity contribution is 0.0746. The minimum Gasteiger partial charge on any atom is -0.353 e. The zero-order valence-electron chi connectivity index (χ0n) is 17.0. The highest BCUT2D eigenvalue weighted by atomic mass is 35.5. The molecule has 1 saturated heterocycles. The van der Waals surface area contributed by atoms with Crippen molar-refractivity contribution < 1.29 is 9.59 Å². The molecule has 0 saturated carbocycles. The molecule has 0 atom stereocenters. The number of anilines is 1. The van der Waals surface area contributed by atoms with Crippen LogP contribution in [-0.4, -0.2) is 54.4 Å². The maximum Gasteiger partial charge on any atom is 0.254 e. The van der Waals surface area contributed by atoms with Gasteiger partial charge in [-0.3, -0.25) is 9.59 Å². The fraction of sp³-hybridized carbons (Fsp3) is 0.409. The Labute approximate surface area is 187 Å². The molecule has 1 aromatic heterocycles. The Hall–Kier alpha value is -2.31. The summed E-state index contributed by atoms with van der Waals surface area (Å²) in [6, 6.07) is 8.53. The molecule has 1 aromatic carbocycles. The number of carbonyl (C=O) groups excluding carboxylic acids is 2. The summed E-state index contributed by atoms with van der Waals surface area (Å²) >= 11 is 12.0. The highest BCUT2D eigenvalue weighted by Crippen LogP contribution is 2.21. The SMILES string of the molecule is CCCCCNC(=O)c1ccc(N2CCN(C(=O)c3cc(Cl)cc(Cl)c3)CC2)nc1. The maximum atomic E-state index is 12.7. The van der Waals surface area contributed by atoms with E-state index in [0.29, 0.717) is 53.9 Å². The number of rotatable bonds is 7. The van der Waals surface area contributed by atoms with Gasteiger partial charge in [0.15, 0.2) is 0 Å². The van der Waals surface area contributed by atoms with Gasteiger partial charge in [0.1, 0.15) is 5.82 Å². The number of benzene rings is 1. The molecule has 3 rings (SSSR count). The van der Waals surface area contributed by atoms with Gasteiger partial charge in [-0.05, 0) is 36.8 Å². The summed E-state index contributed by atoms with van der Waals surface area (Å²) in [5.41, 5.74) is 1.05. The van der Waals surface area contributed by atoms with Crippen LogP contribution in [0.3, 0.4) is 0 Å². The summed E-state index contributed by atoms with van der Waals surface area (Å²) in [6.45, 7) is 5.29. The van der Waals surface area contributed by atoms with Crippen molar-refractivity contribution in [2.24, 2.45) is 0 Å². The number of aromatic nitrogens is 1. The van der Waals surface area contributed by atoms with Gasteiger partial charge in [-0.15, -0.1) is 0 Å². The Bertz CT molecular complexity index is 861. The van der Waals surface area contributed by atoms with E-state index in [1.54, 1.807) is 35.4 Å². The number of nitrogens with zero attached hydrogens (tertiary/aromatic N) is 3. The number of carbonyl (C=O) groups is 2. The van der Waals surface area contributed by atoms with Crippen LogP contribution in [0.25, 0.3) is 0 Å². The molecule has 1 aliphatic rings. The van der Waals surface area contributed by atoms with Crippen LogP contribution in [0.5, 0.6) is 0 Å². The lowest BCUT2D eigenvalue weighted by Crippen LogP contribution is -2.49. The van der Waals surface area contributed by atoms with E-state index in [1.807, 2.05) is 6.07 Å². The van der Waals surface area contributed by atoms with Gasteiger partial charge in [0.05, 0.1) is 5.56 Å². The van der Waals surface area contributed by atoms with E-state index in [9.17, 15) is 9.59 Å². The monoisotopic (exact) mass is 448 g/mol. The van der Waals surface area contributed by atoms with E-state index >= 15 is 0 Å². The van der Waals surface area contributed by atoms with Crippen LogP contribution < -0.4 is 10.2 Å². The second kappa shape index (κ2) is 10.6. The number of halogens is 2. The molecule has 0 bridgehead atoms. The summed E-state index contributed by atoms with van der Waals surface area (Å²) in [7, 11) is 0. The molecule has 6 nitrogen and oxygen atoms in total. The normalized spacial score (nSPS) is 14.0. The standard InChI is InChI=1S/C22H26Cl2N4O2/c1-2-3-4-7-25-21(29)16-5-6-20(26-15-16)27-8-10-28(11-9-27)22(30)17-12-18(23)14-19(24)13-17/h5-6,12-15H,2-4,7-11H2,1H3,(H,25,29). The first-order chi connectivity index (χ1) is 14.5. The molecule has 1 aliphatic heterocycles. The number of hydrogen-bond acceptors (Lipinski definition) is 4. The van der Waals surface area contributed by atoms with Crippen LogP contribution in [0.15, 0.2) is 36.5 Å². The van der Waals surface area contributed by atoms with Crippen LogP contribution in [0.1, 0.15) is 46.9 Å². The molecular weight excluding hydrogens is 423 g/mol. The lowest BCUT2D eigenvalue weighted by Gasteiger charge is -2.35. The second-order valence-electron chi connectivity index (χ2n) is 7.31. The molecule has 0 radical (unpaired) electrons. The summed E-state index contributed by atoms with van der Waals surface area (Å²) in [5, 5.41) is 3.81. The van der Waals surface area contributed by atoms with Crippen molar-refractivity contribution in [3.63, 3.8) is 0 Å². The van der Waals surface area contributed by atoms with Gasteiger partial charge < -0.3 is 15.1 Å². The Kier molecular flexibility index (Phi) is 7.94. The van der Waals surface area contributed by atoms with Crippen LogP contribution >= 0.6 is 23.2 Å². The zero-order chi connectivity index (χ0) is 21.5. The molecule has 0 spiro atoms. The van der Waals surface area contributed by atoms with Crippen molar-refractivity contribution in [3.05, 3.63) is 57.7 Å². The van der Waals surface area contributed by atoms with Gasteiger partial charge in [0.25, 0.3) is 11.8 Å². The molecule has 0 aliphatic carbocycles. The van der Waals surface area contributed by atoms with Crippen LogP contribution in [0.4, 0.5) is 5.82 Å². The van der Waals surface area contributed by atoms with E-state index in [1.165, 1.54) is 0 Å². The van der Waals surface area contributed by atoms with E-state index in [4.69, 9.17) is 23.2 Å². The molecular formula is C22H26Cl2N4O2. The number of pyridine rings is 1. The predicted molar refractivity (Wildman–Crippen MR) is 121 cm³/mol. The summed E-state index contributed by atoms with van der Waals surface area (Å²) < 4.78 is 0. The molecule has 2 aromatic rings. The smallest absolute Gasteiger partial charge is 0.254 e. The topological polar surface area (TPSA) is 65.5 Å². The quantitative estimate of drug-likeness (QED) is 0.642. The van der Waals surface area contributed by atoms with Gasteiger partial charge in [0.2, 0.25) is 0 Å². The van der Waals surface area contributed by atoms with Gasteiger partial charge in [-0.1, -0.05) is 43.0 Å². The molecule has 0 unspecified atom stereocenters. The van der Waals surface area contributed by atoms with Crippen molar-refractivity contribution >= 4 is 40.8 Å². The van der Waals surface area contributed by atoms with Crippen molar-refractivity contribution in [1.82, 2.24) is 15.2 Å². The highest BCUT2D eigenvalue weighted by Gasteiger charge is 2.23. The molecule has 160 valence electrons. The van der Waals surface area contributed by atoms with E-state index in [0.717, 1.165) is 25.1 Å². The Morgan fingerprint density at radius 1 is 1.00 bits per heavy atom. The van der Waals surface area contributed by atoms with Crippen molar-refractivity contribution in [2.45, 2.75) is 26.2 Å². The van der Waals surface area contributed by atoms with Gasteiger partial charge in [-0.25, -0.2) is 4.98 Å². The van der Waals surface area contributed by atoms with E-state index in [-0.39, 0.29) is 11.8 Å². The Balaban J connectivity index is 1.53. The third kappa shape index (κ3) is 5.86. The molecule has 1 fully saturated rings. The maximum absolute atomic E-state index is 12.7. The Morgan fingerprint density at radius 3 is 2.30 bits per heavy atom. The average molecular weight is 449 g/mol. The van der Waals surface area contributed by atoms with Gasteiger partial charge in [0, 0.05) is 54.5 Å². The Morgan fingerprint density at radius 2 is 1.70 bits per heavy atom. The summed E-state index contributed by atoms with van der Waals surface area (Å²) in [5.74, 6) is 0.623. The number of nitrogens with one attached hydrogen (secondary N) is 1. The van der Waals surface area contributed by atoms with Crippen molar-refractivity contribution in [1.29, 1.82) is 0 Å². The van der Waals surface area contributed by atoms with Crippen LogP contribution in [0.2, 0.25) is 10.0 Å². The number of piperazine rings is 1. The molecule has 1 N–H and O–H groups in total. The minimum atomic E-state index is -0.0965. The fourth-order valence-corrected chi connectivity index (χ4v) is 3.91. The van der Waals surface area contributed by atoms with Gasteiger partial charge in [-0.2, -0.15) is 0 Å². The van der Waals surface area contributed by atoms with Gasteiger partial charge >= 0.3 is 0 Å². The first kappa shape index (κ1) is 22.4. The summed E-state index contributed by atoms with van der Waals surface area (Å²) in [6.07, 6.45) is 4.82. The molecule has 2 heterocycles. The first-order valence-corrected chi connectivity index (χ1v) is 11.0. The number of unbranched alkanes of at least 4 members (excludes halogenated alkanes) is 2. The third-order valence-corrected chi connectivity index (χ3v) is 5.51. The molecule has 8 heteroatoms. The molecule has 30 heavy (non-hydrogen) atoms. The van der Waals surface area contributed by atoms with Crippen molar-refractivity contribution in [2.75, 3.05) is 37.6 Å². The molecule has 2 amide bonds. The number of amides is 2. The lowest BCUT2D eigenvalue weighted by atomic mass is 10.1.